The Kier molecular flexibility index (Phi) is 67.9. The second kappa shape index (κ2) is 71.3. The van der Waals surface area contributed by atoms with Gasteiger partial charge in [-0.3, -0.25) is 32.5 Å². The van der Waals surface area contributed by atoms with Crippen molar-refractivity contribution in [3.63, 3.8) is 0 Å². The molecule has 0 saturated heterocycles. The minimum absolute atomic E-state index is 0.0873. The highest BCUT2D eigenvalue weighted by Crippen LogP contribution is 2.45. The van der Waals surface area contributed by atoms with E-state index in [-0.39, 0.29) is 19.3 Å². The summed E-state index contributed by atoms with van der Waals surface area (Å²) in [6.45, 7) is 2.30. The van der Waals surface area contributed by atoms with Crippen molar-refractivity contribution in [3.05, 3.63) is 146 Å². The number of unbranched alkanes of at least 4 members (excludes halogenated alkanes) is 22. The van der Waals surface area contributed by atoms with Gasteiger partial charge < -0.3 is 34.2 Å². The molecular formula is C79H132O16P2. The van der Waals surface area contributed by atoms with Crippen molar-refractivity contribution in [2.75, 3.05) is 39.6 Å². The van der Waals surface area contributed by atoms with Crippen LogP contribution in [0.4, 0.5) is 0 Å². The molecule has 5 unspecified atom stereocenters. The van der Waals surface area contributed by atoms with Crippen LogP contribution in [0.25, 0.3) is 0 Å². The molecule has 97 heavy (non-hydrogen) atoms. The first kappa shape index (κ1) is 92.4. The van der Waals surface area contributed by atoms with Crippen LogP contribution in [-0.2, 0) is 55.8 Å². The Hall–Kier alpha value is -4.57. The molecule has 16 nitrogen and oxygen atoms in total. The molecule has 4 N–H and O–H groups in total. The monoisotopic (exact) mass is 1400 g/mol. The van der Waals surface area contributed by atoms with Gasteiger partial charge in [0.05, 0.1) is 26.4 Å². The van der Waals surface area contributed by atoms with E-state index in [4.69, 9.17) is 32.3 Å². The highest BCUT2D eigenvalue weighted by Gasteiger charge is 2.29. The zero-order valence-corrected chi connectivity index (χ0v) is 62.0. The number of ether oxygens (including phenoxy) is 3. The lowest BCUT2D eigenvalue weighted by molar-refractivity contribution is -0.161. The Morgan fingerprint density at radius 2 is 0.515 bits per heavy atom. The van der Waals surface area contributed by atoms with E-state index in [1.165, 1.54) is 19.3 Å². The second-order valence-electron chi connectivity index (χ2n) is 24.3. The van der Waals surface area contributed by atoms with Gasteiger partial charge in [-0.05, 0) is 135 Å². The van der Waals surface area contributed by atoms with Crippen LogP contribution in [0.15, 0.2) is 146 Å². The molecule has 5 atom stereocenters. The first-order valence-corrected chi connectivity index (χ1v) is 40.1. The molecule has 0 aromatic heterocycles. The highest BCUT2D eigenvalue weighted by atomic mass is 31.2. The van der Waals surface area contributed by atoms with Gasteiger partial charge in [0, 0.05) is 19.3 Å². The topological polar surface area (TPSA) is 231 Å². The van der Waals surface area contributed by atoms with Gasteiger partial charge in [-0.25, -0.2) is 9.13 Å². The number of phosphoric ester groups is 2. The number of aliphatic hydroxyl groups is 2. The third-order valence-electron chi connectivity index (χ3n) is 15.0. The minimum Gasteiger partial charge on any atom is -0.463 e. The molecule has 0 saturated carbocycles. The summed E-state index contributed by atoms with van der Waals surface area (Å²) in [6, 6.07) is 0. The van der Waals surface area contributed by atoms with Crippen molar-refractivity contribution in [1.82, 2.24) is 0 Å². The smallest absolute Gasteiger partial charge is 0.463 e. The molecule has 0 rings (SSSR count). The SMILES string of the molecule is CC/C=C\C/C=C\C/C=C\C/C=C\C/C=C\C/C=C\CCCCCCCCCCC(=O)OCC(O)COP(=O)(O)OCC(O)COP(=O)(O)OCC(COC(=O)CCCCCCCCC/C=C\C/C=C\C/C=C\CC)OC(=O)CCCCCCCCC/C=C\C/C=C\C/C=C\CC. The molecule has 0 aromatic carbocycles. The lowest BCUT2D eigenvalue weighted by Gasteiger charge is -2.21. The third kappa shape index (κ3) is 72.5. The summed E-state index contributed by atoms with van der Waals surface area (Å²) in [5, 5.41) is 20.6. The van der Waals surface area contributed by atoms with Crippen LogP contribution in [0.2, 0.25) is 0 Å². The summed E-state index contributed by atoms with van der Waals surface area (Å²) in [6.07, 6.45) is 86.0. The van der Waals surface area contributed by atoms with Crippen LogP contribution < -0.4 is 0 Å². The van der Waals surface area contributed by atoms with Crippen molar-refractivity contribution in [2.24, 2.45) is 0 Å². The Balaban J connectivity index is 4.60. The number of carbonyl (C=O) groups excluding carboxylic acids is 3. The molecule has 18 heteroatoms. The Morgan fingerprint density at radius 1 is 0.289 bits per heavy atom. The Labute approximate surface area is 587 Å². The van der Waals surface area contributed by atoms with Crippen LogP contribution in [0.3, 0.4) is 0 Å². The quantitative estimate of drug-likeness (QED) is 0.0146. The second-order valence-corrected chi connectivity index (χ2v) is 27.2. The third-order valence-corrected chi connectivity index (χ3v) is 16.9. The van der Waals surface area contributed by atoms with E-state index in [0.717, 1.165) is 199 Å². The largest absolute Gasteiger partial charge is 0.472 e. The van der Waals surface area contributed by atoms with Crippen molar-refractivity contribution >= 4 is 33.6 Å². The van der Waals surface area contributed by atoms with Crippen molar-refractivity contribution in [1.29, 1.82) is 0 Å². The zero-order valence-electron chi connectivity index (χ0n) is 60.2. The molecule has 0 heterocycles. The number of esters is 3. The van der Waals surface area contributed by atoms with Crippen molar-refractivity contribution in [3.8, 4) is 0 Å². The summed E-state index contributed by atoms with van der Waals surface area (Å²) in [7, 11) is -9.80. The summed E-state index contributed by atoms with van der Waals surface area (Å²) >= 11 is 0. The predicted molar refractivity (Wildman–Crippen MR) is 399 cm³/mol. The summed E-state index contributed by atoms with van der Waals surface area (Å²) in [5.41, 5.74) is 0. The standard InChI is InChI=1S/C79H132O16P2/c1-4-7-10-13-16-19-22-25-28-31-32-33-34-35-36-37-38-39-40-43-45-47-50-53-56-59-62-65-77(82)89-68-74(80)69-91-96(85,86)92-70-75(81)71-93-97(87,88)94-73-76(95-79(84)67-64-61-58-55-52-49-46-42-30-27-24-21-18-15-12-9-6-3)72-90-78(83)66-63-60-57-54-51-48-44-41-29-26-23-20-17-14-11-8-5-2/h7-12,16-21,25-30,32-33,35-36,38-39,74-76,80-81H,4-6,13-15,22-24,31,34,37,40-73H2,1-3H3,(H,85,86)(H,87,88)/b10-7-,11-8-,12-9-,19-16-,20-17-,21-18-,28-25-,29-26-,30-27-,33-32-,36-35-,39-38-. The van der Waals surface area contributed by atoms with Gasteiger partial charge in [0.25, 0.3) is 0 Å². The molecule has 0 bridgehead atoms. The predicted octanol–water partition coefficient (Wildman–Crippen LogP) is 21.3. The van der Waals surface area contributed by atoms with Crippen LogP contribution in [0.5, 0.6) is 0 Å². The lowest BCUT2D eigenvalue weighted by Crippen LogP contribution is -2.30. The molecule has 0 aliphatic heterocycles. The lowest BCUT2D eigenvalue weighted by atomic mass is 10.1. The minimum atomic E-state index is -4.94. The van der Waals surface area contributed by atoms with Gasteiger partial charge >= 0.3 is 33.6 Å². The number of allylic oxidation sites excluding steroid dienone is 24. The van der Waals surface area contributed by atoms with E-state index < -0.39 is 91.5 Å². The number of phosphoric acid groups is 2. The number of hydrogen-bond acceptors (Lipinski definition) is 14. The van der Waals surface area contributed by atoms with E-state index in [1.807, 2.05) is 0 Å². The molecule has 0 fully saturated rings. The van der Waals surface area contributed by atoms with Crippen LogP contribution in [0, 0.1) is 0 Å². The molecule has 0 aliphatic carbocycles. The van der Waals surface area contributed by atoms with E-state index in [0.29, 0.717) is 19.3 Å². The van der Waals surface area contributed by atoms with Crippen LogP contribution >= 0.6 is 15.6 Å². The van der Waals surface area contributed by atoms with Gasteiger partial charge in [0.15, 0.2) is 6.10 Å². The van der Waals surface area contributed by atoms with E-state index in [9.17, 15) is 43.5 Å². The first-order valence-electron chi connectivity index (χ1n) is 37.1. The number of rotatable bonds is 69. The fraction of sp³-hybridized carbons (Fsp3) is 0.658. The van der Waals surface area contributed by atoms with Gasteiger partial charge in [-0.15, -0.1) is 0 Å². The van der Waals surface area contributed by atoms with Crippen molar-refractivity contribution < 1.29 is 75.8 Å². The maximum atomic E-state index is 13.0. The highest BCUT2D eigenvalue weighted by molar-refractivity contribution is 7.47. The number of aliphatic hydroxyl groups excluding tert-OH is 2. The first-order chi connectivity index (χ1) is 47.2. The molecule has 0 aliphatic rings. The van der Waals surface area contributed by atoms with Crippen molar-refractivity contribution in [2.45, 2.75) is 296 Å². The fourth-order valence-corrected chi connectivity index (χ4v) is 11.1. The van der Waals surface area contributed by atoms with E-state index >= 15 is 0 Å². The molecule has 554 valence electrons. The van der Waals surface area contributed by atoms with Gasteiger partial charge in [-0.1, -0.05) is 269 Å². The number of carbonyl (C=O) groups is 3. The fourth-order valence-electron chi connectivity index (χ4n) is 9.48. The molecule has 0 aromatic rings. The van der Waals surface area contributed by atoms with Crippen LogP contribution in [-0.4, -0.2) is 95.9 Å². The molecule has 0 radical (unpaired) electrons. The average Bonchev–Trinajstić information content (AvgIpc) is 1.49. The van der Waals surface area contributed by atoms with E-state index in [1.54, 1.807) is 0 Å². The average molecular weight is 1400 g/mol. The maximum absolute atomic E-state index is 13.0. The molecule has 0 amide bonds. The number of hydrogen-bond donors (Lipinski definition) is 4. The van der Waals surface area contributed by atoms with Gasteiger partial charge in [0.2, 0.25) is 0 Å². The van der Waals surface area contributed by atoms with E-state index in [2.05, 4.69) is 167 Å². The Bertz CT molecular complexity index is 2350. The van der Waals surface area contributed by atoms with Crippen LogP contribution in [0.1, 0.15) is 278 Å². The van der Waals surface area contributed by atoms with Gasteiger partial charge in [-0.2, -0.15) is 0 Å². The molecule has 0 spiro atoms. The maximum Gasteiger partial charge on any atom is 0.472 e. The Morgan fingerprint density at radius 3 is 0.814 bits per heavy atom. The summed E-state index contributed by atoms with van der Waals surface area (Å²) in [4.78, 5) is 58.6. The summed E-state index contributed by atoms with van der Waals surface area (Å²) in [5.74, 6) is -1.61. The zero-order chi connectivity index (χ0) is 70.9. The van der Waals surface area contributed by atoms with Gasteiger partial charge in [0.1, 0.15) is 25.4 Å². The summed E-state index contributed by atoms with van der Waals surface area (Å²) < 4.78 is 61.0. The normalized spacial score (nSPS) is 14.9. The molecular weight excluding hydrogens is 1270 g/mol.